The molecule has 1 rings (SSSR count). The summed E-state index contributed by atoms with van der Waals surface area (Å²) in [6.07, 6.45) is 2.85. The van der Waals surface area contributed by atoms with Gasteiger partial charge in [0.1, 0.15) is 5.75 Å². The van der Waals surface area contributed by atoms with Crippen molar-refractivity contribution in [1.82, 2.24) is 0 Å². The van der Waals surface area contributed by atoms with Gasteiger partial charge in [-0.3, -0.25) is 0 Å². The van der Waals surface area contributed by atoms with Crippen LogP contribution in [-0.4, -0.2) is 6.61 Å². The number of halogens is 1. The van der Waals surface area contributed by atoms with Crippen molar-refractivity contribution in [1.29, 1.82) is 0 Å². The fraction of sp³-hybridized carbons (Fsp3) is 0.385. The number of hydrogen-bond donors (Lipinski definition) is 0. The number of ether oxygens (including phenoxy) is 1. The van der Waals surface area contributed by atoms with E-state index in [1.165, 1.54) is 0 Å². The van der Waals surface area contributed by atoms with Crippen molar-refractivity contribution in [3.63, 3.8) is 0 Å². The van der Waals surface area contributed by atoms with Crippen molar-refractivity contribution >= 4 is 11.6 Å². The normalized spacial score (nSPS) is 12.2. The lowest BCUT2D eigenvalue weighted by atomic mass is 9.97. The predicted octanol–water partition coefficient (Wildman–Crippen LogP) is 4.42. The summed E-state index contributed by atoms with van der Waals surface area (Å²) in [5.74, 6) is 1.32. The number of allylic oxidation sites excluding steroid dienone is 1. The highest BCUT2D eigenvalue weighted by Gasteiger charge is 2.10. The zero-order valence-corrected chi connectivity index (χ0v) is 10.1. The van der Waals surface area contributed by atoms with Gasteiger partial charge in [0.25, 0.3) is 0 Å². The highest BCUT2D eigenvalue weighted by atomic mass is 35.5. The second-order valence-corrected chi connectivity index (χ2v) is 3.98. The first-order chi connectivity index (χ1) is 7.19. The predicted molar refractivity (Wildman–Crippen MR) is 65.9 cm³/mol. The third-order valence-electron chi connectivity index (χ3n) is 2.32. The second kappa shape index (κ2) is 5.82. The van der Waals surface area contributed by atoms with E-state index >= 15 is 0 Å². The van der Waals surface area contributed by atoms with E-state index in [2.05, 4.69) is 13.5 Å². The minimum absolute atomic E-state index is 0.391. The summed E-state index contributed by atoms with van der Waals surface area (Å²) < 4.78 is 5.57. The van der Waals surface area contributed by atoms with Crippen LogP contribution in [0.4, 0.5) is 0 Å². The van der Waals surface area contributed by atoms with Gasteiger partial charge in [0, 0.05) is 5.02 Å². The van der Waals surface area contributed by atoms with Crippen LogP contribution >= 0.6 is 11.6 Å². The molecule has 0 heterocycles. The van der Waals surface area contributed by atoms with Crippen LogP contribution in [0.15, 0.2) is 30.9 Å². The maximum atomic E-state index is 5.98. The molecule has 2 heteroatoms. The Morgan fingerprint density at radius 2 is 2.27 bits per heavy atom. The van der Waals surface area contributed by atoms with Crippen LogP contribution in [0.25, 0.3) is 0 Å². The standard InChI is InChI=1S/C13H17ClO/c1-4-6-10(3)12-9-11(14)7-8-13(12)15-5-2/h4,7-10H,1,5-6H2,2-3H3. The topological polar surface area (TPSA) is 9.23 Å². The molecule has 0 saturated heterocycles. The Hall–Kier alpha value is -0.950. The third kappa shape index (κ3) is 3.28. The fourth-order valence-electron chi connectivity index (χ4n) is 1.57. The number of hydrogen-bond acceptors (Lipinski definition) is 1. The number of rotatable bonds is 5. The largest absolute Gasteiger partial charge is 0.494 e. The van der Waals surface area contributed by atoms with Gasteiger partial charge in [-0.1, -0.05) is 24.6 Å². The summed E-state index contributed by atoms with van der Waals surface area (Å²) in [7, 11) is 0. The van der Waals surface area contributed by atoms with Crippen LogP contribution < -0.4 is 4.74 Å². The van der Waals surface area contributed by atoms with Crippen LogP contribution in [0.2, 0.25) is 5.02 Å². The van der Waals surface area contributed by atoms with E-state index in [1.54, 1.807) is 0 Å². The van der Waals surface area contributed by atoms with Crippen molar-refractivity contribution in [2.75, 3.05) is 6.61 Å². The summed E-state index contributed by atoms with van der Waals surface area (Å²) in [6.45, 7) is 8.56. The molecule has 0 bridgehead atoms. The highest BCUT2D eigenvalue weighted by Crippen LogP contribution is 2.31. The van der Waals surface area contributed by atoms with Gasteiger partial charge >= 0.3 is 0 Å². The maximum absolute atomic E-state index is 5.98. The summed E-state index contributed by atoms with van der Waals surface area (Å²) in [6, 6.07) is 5.76. The van der Waals surface area contributed by atoms with E-state index in [4.69, 9.17) is 16.3 Å². The zero-order chi connectivity index (χ0) is 11.3. The molecule has 1 nitrogen and oxygen atoms in total. The summed E-state index contributed by atoms with van der Waals surface area (Å²) in [5.41, 5.74) is 1.16. The molecule has 0 N–H and O–H groups in total. The van der Waals surface area contributed by atoms with Gasteiger partial charge in [-0.15, -0.1) is 6.58 Å². The molecular weight excluding hydrogens is 208 g/mol. The van der Waals surface area contributed by atoms with Gasteiger partial charge in [0.2, 0.25) is 0 Å². The Morgan fingerprint density at radius 1 is 1.53 bits per heavy atom. The van der Waals surface area contributed by atoms with Crippen LogP contribution in [0, 0.1) is 0 Å². The SMILES string of the molecule is C=CCC(C)c1cc(Cl)ccc1OCC. The lowest BCUT2D eigenvalue weighted by Crippen LogP contribution is -1.99. The molecule has 82 valence electrons. The minimum Gasteiger partial charge on any atom is -0.494 e. The summed E-state index contributed by atoms with van der Waals surface area (Å²) in [4.78, 5) is 0. The van der Waals surface area contributed by atoms with Crippen LogP contribution in [0.3, 0.4) is 0 Å². The molecule has 0 aliphatic rings. The van der Waals surface area contributed by atoms with Crippen molar-refractivity contribution in [2.24, 2.45) is 0 Å². The first-order valence-corrected chi connectivity index (χ1v) is 5.60. The highest BCUT2D eigenvalue weighted by molar-refractivity contribution is 6.30. The minimum atomic E-state index is 0.391. The Bertz CT molecular complexity index is 333. The van der Waals surface area contributed by atoms with E-state index in [-0.39, 0.29) is 0 Å². The molecule has 0 saturated carbocycles. The number of benzene rings is 1. The summed E-state index contributed by atoms with van der Waals surface area (Å²) >= 11 is 5.98. The summed E-state index contributed by atoms with van der Waals surface area (Å²) in [5, 5.41) is 0.754. The molecule has 15 heavy (non-hydrogen) atoms. The smallest absolute Gasteiger partial charge is 0.122 e. The third-order valence-corrected chi connectivity index (χ3v) is 2.56. The monoisotopic (exact) mass is 224 g/mol. The van der Waals surface area contributed by atoms with E-state index in [1.807, 2.05) is 31.2 Å². The Labute approximate surface area is 96.7 Å². The molecule has 0 amide bonds. The molecule has 0 spiro atoms. The Morgan fingerprint density at radius 3 is 2.87 bits per heavy atom. The average Bonchev–Trinajstić information content (AvgIpc) is 2.21. The Kier molecular flexibility index (Phi) is 4.70. The van der Waals surface area contributed by atoms with Gasteiger partial charge in [-0.2, -0.15) is 0 Å². The maximum Gasteiger partial charge on any atom is 0.122 e. The van der Waals surface area contributed by atoms with Crippen LogP contribution in [0.1, 0.15) is 31.7 Å². The molecular formula is C13H17ClO. The molecule has 0 fully saturated rings. The molecule has 0 aliphatic carbocycles. The van der Waals surface area contributed by atoms with Gasteiger partial charge < -0.3 is 4.74 Å². The van der Waals surface area contributed by atoms with Gasteiger partial charge in [-0.05, 0) is 43.0 Å². The van der Waals surface area contributed by atoms with Gasteiger partial charge in [-0.25, -0.2) is 0 Å². The van der Waals surface area contributed by atoms with Crippen LogP contribution in [-0.2, 0) is 0 Å². The average molecular weight is 225 g/mol. The van der Waals surface area contributed by atoms with Crippen molar-refractivity contribution in [3.05, 3.63) is 41.4 Å². The quantitative estimate of drug-likeness (QED) is 0.673. The van der Waals surface area contributed by atoms with Crippen molar-refractivity contribution < 1.29 is 4.74 Å². The molecule has 0 aromatic heterocycles. The molecule has 1 aromatic rings. The fourth-order valence-corrected chi connectivity index (χ4v) is 1.75. The lowest BCUT2D eigenvalue weighted by molar-refractivity contribution is 0.334. The molecule has 1 unspecified atom stereocenters. The first kappa shape index (κ1) is 12.1. The van der Waals surface area contributed by atoms with Crippen molar-refractivity contribution in [2.45, 2.75) is 26.2 Å². The van der Waals surface area contributed by atoms with E-state index in [0.717, 1.165) is 22.8 Å². The molecule has 0 aliphatic heterocycles. The lowest BCUT2D eigenvalue weighted by Gasteiger charge is -2.15. The van der Waals surface area contributed by atoms with Gasteiger partial charge in [0.05, 0.1) is 6.61 Å². The molecule has 1 aromatic carbocycles. The van der Waals surface area contributed by atoms with E-state index in [9.17, 15) is 0 Å². The van der Waals surface area contributed by atoms with Gasteiger partial charge in [0.15, 0.2) is 0 Å². The van der Waals surface area contributed by atoms with E-state index in [0.29, 0.717) is 12.5 Å². The van der Waals surface area contributed by atoms with Crippen molar-refractivity contribution in [3.8, 4) is 5.75 Å². The van der Waals surface area contributed by atoms with E-state index < -0.39 is 0 Å². The zero-order valence-electron chi connectivity index (χ0n) is 9.29. The second-order valence-electron chi connectivity index (χ2n) is 3.54. The molecule has 0 radical (unpaired) electrons. The van der Waals surface area contributed by atoms with Crippen LogP contribution in [0.5, 0.6) is 5.75 Å². The molecule has 1 atom stereocenters. The Balaban J connectivity index is 3.00. The first-order valence-electron chi connectivity index (χ1n) is 5.22.